The molecule has 4 aromatic rings. The zero-order chi connectivity index (χ0) is 14.9. The fourth-order valence-electron chi connectivity index (χ4n) is 2.76. The average Bonchev–Trinajstić information content (AvgIpc) is 3.11. The van der Waals surface area contributed by atoms with Crippen molar-refractivity contribution in [2.75, 3.05) is 0 Å². The largest absolute Gasteiger partial charge is 0.342 e. The normalized spacial score (nSPS) is 11.1. The third kappa shape index (κ3) is 2.46. The van der Waals surface area contributed by atoms with Crippen LogP contribution in [-0.2, 0) is 6.54 Å². The number of hydrogen-bond acceptors (Lipinski definition) is 1. The Morgan fingerprint density at radius 2 is 1.68 bits per heavy atom. The molecule has 22 heavy (non-hydrogen) atoms. The molecule has 0 bridgehead atoms. The minimum absolute atomic E-state index is 0.925. The molecule has 0 atom stereocenters. The van der Waals surface area contributed by atoms with Crippen molar-refractivity contribution in [1.29, 1.82) is 0 Å². The first kappa shape index (κ1) is 13.4. The second-order valence-electron chi connectivity index (χ2n) is 5.66. The summed E-state index contributed by atoms with van der Waals surface area (Å²) >= 11 is 1.87. The summed E-state index contributed by atoms with van der Waals surface area (Å²) in [6, 6.07) is 23.9. The monoisotopic (exact) mass is 303 g/mol. The summed E-state index contributed by atoms with van der Waals surface area (Å²) in [5.41, 5.74) is 5.27. The summed E-state index contributed by atoms with van der Waals surface area (Å²) in [5.74, 6) is 0. The molecule has 0 saturated heterocycles. The summed E-state index contributed by atoms with van der Waals surface area (Å²) in [6.45, 7) is 3.05. The van der Waals surface area contributed by atoms with Crippen LogP contribution in [0.2, 0.25) is 0 Å². The van der Waals surface area contributed by atoms with Crippen LogP contribution < -0.4 is 0 Å². The van der Waals surface area contributed by atoms with Crippen LogP contribution in [0, 0.1) is 6.92 Å². The smallest absolute Gasteiger partial charge is 0.0599 e. The van der Waals surface area contributed by atoms with Gasteiger partial charge in [-0.1, -0.05) is 60.2 Å². The lowest BCUT2D eigenvalue weighted by Crippen LogP contribution is -1.96. The van der Waals surface area contributed by atoms with E-state index in [9.17, 15) is 0 Å². The molecular formula is C20H17NS. The van der Waals surface area contributed by atoms with Crippen molar-refractivity contribution >= 4 is 21.6 Å². The summed E-state index contributed by atoms with van der Waals surface area (Å²) in [4.78, 5) is 1.34. The van der Waals surface area contributed by atoms with E-state index in [1.807, 2.05) is 11.3 Å². The molecule has 2 aromatic heterocycles. The van der Waals surface area contributed by atoms with Gasteiger partial charge in [-0.3, -0.25) is 0 Å². The quantitative estimate of drug-likeness (QED) is 0.456. The van der Waals surface area contributed by atoms with Crippen LogP contribution in [0.25, 0.3) is 20.7 Å². The van der Waals surface area contributed by atoms with Crippen LogP contribution in [0.3, 0.4) is 0 Å². The lowest BCUT2D eigenvalue weighted by molar-refractivity contribution is 0.837. The molecule has 0 fully saturated rings. The minimum atomic E-state index is 0.925. The standard InChI is InChI=1S/C20H17NS/c1-15-7-9-17(10-8-15)20-13-18-19(22-20)11-12-21(18)14-16-5-3-2-4-6-16/h2-13H,14H2,1H3. The highest BCUT2D eigenvalue weighted by Crippen LogP contribution is 2.34. The van der Waals surface area contributed by atoms with E-state index in [0.717, 1.165) is 6.54 Å². The van der Waals surface area contributed by atoms with Gasteiger partial charge in [-0.05, 0) is 30.2 Å². The first-order chi connectivity index (χ1) is 10.8. The third-order valence-corrected chi connectivity index (χ3v) is 5.13. The molecule has 108 valence electrons. The first-order valence-corrected chi connectivity index (χ1v) is 8.31. The average molecular weight is 303 g/mol. The second kappa shape index (κ2) is 5.47. The van der Waals surface area contributed by atoms with Gasteiger partial charge in [-0.15, -0.1) is 11.3 Å². The number of fused-ring (bicyclic) bond motifs is 1. The zero-order valence-electron chi connectivity index (χ0n) is 12.5. The molecule has 2 heteroatoms. The van der Waals surface area contributed by atoms with Crippen LogP contribution >= 0.6 is 11.3 Å². The highest BCUT2D eigenvalue weighted by molar-refractivity contribution is 7.22. The Hall–Kier alpha value is -2.32. The van der Waals surface area contributed by atoms with Crippen molar-refractivity contribution in [1.82, 2.24) is 4.57 Å². The number of benzene rings is 2. The number of nitrogens with zero attached hydrogens (tertiary/aromatic N) is 1. The predicted molar refractivity (Wildman–Crippen MR) is 95.5 cm³/mol. The number of hydrogen-bond donors (Lipinski definition) is 0. The Balaban J connectivity index is 1.71. The van der Waals surface area contributed by atoms with Gasteiger partial charge in [0.05, 0.1) is 10.2 Å². The first-order valence-electron chi connectivity index (χ1n) is 7.49. The molecule has 2 aromatic carbocycles. The maximum Gasteiger partial charge on any atom is 0.0599 e. The predicted octanol–water partition coefficient (Wildman–Crippen LogP) is 5.73. The van der Waals surface area contributed by atoms with Crippen molar-refractivity contribution in [2.24, 2.45) is 0 Å². The highest BCUT2D eigenvalue weighted by atomic mass is 32.1. The second-order valence-corrected chi connectivity index (χ2v) is 6.74. The molecule has 0 aliphatic heterocycles. The Kier molecular flexibility index (Phi) is 3.32. The molecule has 0 unspecified atom stereocenters. The van der Waals surface area contributed by atoms with E-state index in [-0.39, 0.29) is 0 Å². The van der Waals surface area contributed by atoms with Crippen molar-refractivity contribution in [2.45, 2.75) is 13.5 Å². The van der Waals surface area contributed by atoms with Crippen LogP contribution in [0.1, 0.15) is 11.1 Å². The van der Waals surface area contributed by atoms with Crippen molar-refractivity contribution < 1.29 is 0 Å². The maximum atomic E-state index is 2.33. The van der Waals surface area contributed by atoms with E-state index < -0.39 is 0 Å². The van der Waals surface area contributed by atoms with E-state index in [1.165, 1.54) is 31.8 Å². The molecule has 2 heterocycles. The molecule has 0 amide bonds. The van der Waals surface area contributed by atoms with Gasteiger partial charge in [0.25, 0.3) is 0 Å². The molecule has 0 radical (unpaired) electrons. The molecule has 0 saturated carbocycles. The molecule has 0 aliphatic rings. The van der Waals surface area contributed by atoms with Crippen molar-refractivity contribution in [3.05, 3.63) is 84.1 Å². The molecule has 0 spiro atoms. The number of aryl methyl sites for hydroxylation is 1. The van der Waals surface area contributed by atoms with Crippen LogP contribution in [-0.4, -0.2) is 4.57 Å². The van der Waals surface area contributed by atoms with Gasteiger partial charge in [0, 0.05) is 17.6 Å². The summed E-state index contributed by atoms with van der Waals surface area (Å²) in [7, 11) is 0. The number of aromatic nitrogens is 1. The summed E-state index contributed by atoms with van der Waals surface area (Å²) < 4.78 is 3.69. The minimum Gasteiger partial charge on any atom is -0.342 e. The van der Waals surface area contributed by atoms with Crippen molar-refractivity contribution in [3.8, 4) is 10.4 Å². The lowest BCUT2D eigenvalue weighted by Gasteiger charge is -2.04. The van der Waals surface area contributed by atoms with Gasteiger partial charge < -0.3 is 4.57 Å². The van der Waals surface area contributed by atoms with Crippen molar-refractivity contribution in [3.63, 3.8) is 0 Å². The van der Waals surface area contributed by atoms with Gasteiger partial charge in [0.1, 0.15) is 0 Å². The zero-order valence-corrected chi connectivity index (χ0v) is 13.3. The van der Waals surface area contributed by atoms with Crippen LogP contribution in [0.15, 0.2) is 72.9 Å². The molecule has 0 aliphatic carbocycles. The lowest BCUT2D eigenvalue weighted by atomic mass is 10.1. The molecule has 4 rings (SSSR count). The van der Waals surface area contributed by atoms with Gasteiger partial charge in [0.2, 0.25) is 0 Å². The Morgan fingerprint density at radius 1 is 0.909 bits per heavy atom. The Morgan fingerprint density at radius 3 is 2.45 bits per heavy atom. The van der Waals surface area contributed by atoms with Gasteiger partial charge in [-0.25, -0.2) is 0 Å². The van der Waals surface area contributed by atoms with Gasteiger partial charge in [0.15, 0.2) is 0 Å². The van der Waals surface area contributed by atoms with E-state index in [0.29, 0.717) is 0 Å². The van der Waals surface area contributed by atoms with Crippen LogP contribution in [0.5, 0.6) is 0 Å². The maximum absolute atomic E-state index is 2.33. The van der Waals surface area contributed by atoms with E-state index >= 15 is 0 Å². The topological polar surface area (TPSA) is 4.93 Å². The fourth-order valence-corrected chi connectivity index (χ4v) is 3.83. The van der Waals surface area contributed by atoms with Gasteiger partial charge in [-0.2, -0.15) is 0 Å². The molecule has 1 nitrogen and oxygen atoms in total. The van der Waals surface area contributed by atoms with E-state index in [4.69, 9.17) is 0 Å². The number of rotatable bonds is 3. The third-order valence-electron chi connectivity index (χ3n) is 3.99. The van der Waals surface area contributed by atoms with Crippen LogP contribution in [0.4, 0.5) is 0 Å². The van der Waals surface area contributed by atoms with Gasteiger partial charge >= 0.3 is 0 Å². The summed E-state index contributed by atoms with van der Waals surface area (Å²) in [6.07, 6.45) is 2.19. The van der Waals surface area contributed by atoms with E-state index in [1.54, 1.807) is 0 Å². The Bertz CT molecular complexity index is 898. The molecular weight excluding hydrogens is 286 g/mol. The number of thiophene rings is 1. The Labute approximate surface area is 134 Å². The highest BCUT2D eigenvalue weighted by Gasteiger charge is 2.08. The fraction of sp³-hybridized carbons (Fsp3) is 0.100. The molecule has 0 N–H and O–H groups in total. The summed E-state index contributed by atoms with van der Waals surface area (Å²) in [5, 5.41) is 0. The van der Waals surface area contributed by atoms with E-state index in [2.05, 4.69) is 84.4 Å². The SMILES string of the molecule is Cc1ccc(-c2cc3c(ccn3Cc3ccccc3)s2)cc1.